The van der Waals surface area contributed by atoms with Gasteiger partial charge in [-0.1, -0.05) is 18.9 Å². The van der Waals surface area contributed by atoms with Crippen LogP contribution in [-0.4, -0.2) is 51.9 Å². The van der Waals surface area contributed by atoms with E-state index in [1.54, 1.807) is 0 Å². The molecule has 8 nitrogen and oxygen atoms in total. The van der Waals surface area contributed by atoms with E-state index in [-0.39, 0.29) is 23.0 Å². The van der Waals surface area contributed by atoms with Crippen molar-refractivity contribution in [2.24, 2.45) is 5.41 Å². The van der Waals surface area contributed by atoms with E-state index >= 15 is 0 Å². The molecule has 3 heterocycles. The second kappa shape index (κ2) is 9.56. The van der Waals surface area contributed by atoms with E-state index in [0.717, 1.165) is 50.4 Å². The summed E-state index contributed by atoms with van der Waals surface area (Å²) >= 11 is 0. The number of hydrogen-bond donors (Lipinski definition) is 3. The van der Waals surface area contributed by atoms with Crippen LogP contribution in [0.1, 0.15) is 86.5 Å². The van der Waals surface area contributed by atoms with E-state index in [1.807, 2.05) is 18.2 Å². The van der Waals surface area contributed by atoms with Gasteiger partial charge in [-0.3, -0.25) is 9.69 Å². The van der Waals surface area contributed by atoms with Crippen molar-refractivity contribution in [3.05, 3.63) is 47.3 Å². The number of carbonyl (C=O) groups excluding carboxylic acids is 1. The van der Waals surface area contributed by atoms with Gasteiger partial charge in [-0.2, -0.15) is 5.26 Å². The monoisotopic (exact) mass is 473 g/mol. The predicted molar refractivity (Wildman–Crippen MR) is 136 cm³/mol. The number of nitrogens with one attached hydrogen (secondary N) is 3. The fourth-order valence-corrected chi connectivity index (χ4v) is 5.95. The summed E-state index contributed by atoms with van der Waals surface area (Å²) in [4.78, 5) is 27.5. The van der Waals surface area contributed by atoms with Gasteiger partial charge in [0.25, 0.3) is 5.91 Å². The standard InChI is InChI=1S/C27H35N7O/c1-26(2,34-15-13-29-14-16-34)22-6-5-21(32-25(35)24-30-18-20(17-28)31-24)23(33-22)19-7-11-27(12-8-19)9-3-4-10-27/h5-7,18,29H,3-4,8-16H2,1-2H3,(H,30,31)(H,32,35). The van der Waals surface area contributed by atoms with E-state index in [0.29, 0.717) is 11.1 Å². The summed E-state index contributed by atoms with van der Waals surface area (Å²) in [6.07, 6.45) is 12.4. The first-order valence-electron chi connectivity index (χ1n) is 12.8. The van der Waals surface area contributed by atoms with E-state index in [9.17, 15) is 4.79 Å². The Morgan fingerprint density at radius 1 is 1.17 bits per heavy atom. The van der Waals surface area contributed by atoms with Crippen LogP contribution in [-0.2, 0) is 5.54 Å². The highest BCUT2D eigenvalue weighted by Gasteiger charge is 2.36. The molecular weight excluding hydrogens is 438 g/mol. The summed E-state index contributed by atoms with van der Waals surface area (Å²) < 4.78 is 0. The van der Waals surface area contributed by atoms with E-state index in [4.69, 9.17) is 10.2 Å². The van der Waals surface area contributed by atoms with Gasteiger partial charge in [0.2, 0.25) is 0 Å². The zero-order valence-corrected chi connectivity index (χ0v) is 20.8. The van der Waals surface area contributed by atoms with Crippen molar-refractivity contribution < 1.29 is 4.79 Å². The third-order valence-electron chi connectivity index (χ3n) is 8.26. The van der Waals surface area contributed by atoms with Crippen LogP contribution in [0.15, 0.2) is 24.4 Å². The van der Waals surface area contributed by atoms with Gasteiger partial charge in [0, 0.05) is 32.4 Å². The Kier molecular flexibility index (Phi) is 6.47. The summed E-state index contributed by atoms with van der Waals surface area (Å²) in [7, 11) is 0. The topological polar surface area (TPSA) is 110 Å². The van der Waals surface area contributed by atoms with Gasteiger partial charge in [-0.15, -0.1) is 0 Å². The molecule has 1 amide bonds. The lowest BCUT2D eigenvalue weighted by atomic mass is 9.73. The van der Waals surface area contributed by atoms with Gasteiger partial charge in [-0.05, 0) is 69.1 Å². The summed E-state index contributed by atoms with van der Waals surface area (Å²) in [5.74, 6) is -0.243. The van der Waals surface area contributed by atoms with Crippen LogP contribution in [0, 0.1) is 16.7 Å². The number of aromatic amines is 1. The predicted octanol–water partition coefficient (Wildman–Crippen LogP) is 4.20. The first-order chi connectivity index (χ1) is 16.9. The quantitative estimate of drug-likeness (QED) is 0.600. The van der Waals surface area contributed by atoms with Crippen LogP contribution in [0.5, 0.6) is 0 Å². The van der Waals surface area contributed by atoms with Crippen molar-refractivity contribution in [3.8, 4) is 6.07 Å². The molecule has 2 fully saturated rings. The molecule has 0 unspecified atom stereocenters. The zero-order valence-electron chi connectivity index (χ0n) is 20.8. The van der Waals surface area contributed by atoms with Gasteiger partial charge < -0.3 is 15.6 Å². The van der Waals surface area contributed by atoms with E-state index in [1.165, 1.54) is 43.9 Å². The SMILES string of the molecule is CC(C)(c1ccc(NC(=O)c2nc(C#N)c[nH]2)c(C2=CCC3(CCCC3)CC2)n1)N1CCNCC1. The highest BCUT2D eigenvalue weighted by Crippen LogP contribution is 2.50. The number of pyridine rings is 1. The minimum atomic E-state index is -0.368. The van der Waals surface area contributed by atoms with Crippen molar-refractivity contribution in [3.63, 3.8) is 0 Å². The highest BCUT2D eigenvalue weighted by atomic mass is 16.2. The molecule has 1 aliphatic heterocycles. The fraction of sp³-hybridized carbons (Fsp3) is 0.556. The first-order valence-corrected chi connectivity index (χ1v) is 12.8. The Morgan fingerprint density at radius 2 is 1.94 bits per heavy atom. The average molecular weight is 474 g/mol. The molecule has 1 saturated heterocycles. The van der Waals surface area contributed by atoms with Crippen molar-refractivity contribution in [2.75, 3.05) is 31.5 Å². The number of nitriles is 1. The van der Waals surface area contributed by atoms with Crippen molar-refractivity contribution in [1.82, 2.24) is 25.2 Å². The molecule has 1 saturated carbocycles. The van der Waals surface area contributed by atoms with Crippen LogP contribution in [0.25, 0.3) is 5.57 Å². The van der Waals surface area contributed by atoms with Gasteiger partial charge in [0.1, 0.15) is 6.07 Å². The molecule has 0 radical (unpaired) electrons. The van der Waals surface area contributed by atoms with Crippen LogP contribution < -0.4 is 10.6 Å². The number of carbonyl (C=O) groups is 1. The molecule has 2 aromatic heterocycles. The van der Waals surface area contributed by atoms with Crippen LogP contribution in [0.3, 0.4) is 0 Å². The Bertz CT molecular complexity index is 1160. The highest BCUT2D eigenvalue weighted by molar-refractivity contribution is 6.03. The molecule has 2 aromatic rings. The number of rotatable bonds is 5. The number of allylic oxidation sites excluding steroid dienone is 2. The molecule has 0 atom stereocenters. The Labute approximate surface area is 207 Å². The third-order valence-corrected chi connectivity index (χ3v) is 8.26. The first kappa shape index (κ1) is 23.7. The third kappa shape index (κ3) is 4.75. The van der Waals surface area contributed by atoms with Gasteiger partial charge in [-0.25, -0.2) is 9.97 Å². The summed E-state index contributed by atoms with van der Waals surface area (Å²) in [5, 5.41) is 15.5. The summed E-state index contributed by atoms with van der Waals surface area (Å²) in [6, 6.07) is 5.97. The van der Waals surface area contributed by atoms with E-state index in [2.05, 4.69) is 45.4 Å². The minimum Gasteiger partial charge on any atom is -0.339 e. The molecule has 3 aliphatic rings. The number of anilines is 1. The molecular formula is C27H35N7O. The lowest BCUT2D eigenvalue weighted by Gasteiger charge is -2.41. The maximum atomic E-state index is 12.9. The van der Waals surface area contributed by atoms with Crippen molar-refractivity contribution >= 4 is 17.2 Å². The second-order valence-electron chi connectivity index (χ2n) is 10.7. The lowest BCUT2D eigenvalue weighted by Crippen LogP contribution is -2.52. The molecule has 0 aromatic carbocycles. The molecule has 1 spiro atoms. The maximum absolute atomic E-state index is 12.9. The zero-order chi connectivity index (χ0) is 24.5. The molecule has 184 valence electrons. The summed E-state index contributed by atoms with van der Waals surface area (Å²) in [6.45, 7) is 8.38. The van der Waals surface area contributed by atoms with Gasteiger partial charge in [0.05, 0.1) is 22.6 Å². The van der Waals surface area contributed by atoms with Crippen molar-refractivity contribution in [1.29, 1.82) is 5.26 Å². The largest absolute Gasteiger partial charge is 0.339 e. The van der Waals surface area contributed by atoms with Crippen molar-refractivity contribution in [2.45, 2.75) is 64.3 Å². The van der Waals surface area contributed by atoms with Gasteiger partial charge in [0.15, 0.2) is 11.5 Å². The normalized spacial score (nSPS) is 20.4. The van der Waals surface area contributed by atoms with Crippen LogP contribution in [0.2, 0.25) is 0 Å². The Balaban J connectivity index is 1.47. The molecule has 5 rings (SSSR count). The van der Waals surface area contributed by atoms with Gasteiger partial charge >= 0.3 is 0 Å². The summed E-state index contributed by atoms with van der Waals surface area (Å²) in [5.41, 5.74) is 4.22. The van der Waals surface area contributed by atoms with Crippen LogP contribution in [0.4, 0.5) is 5.69 Å². The van der Waals surface area contributed by atoms with E-state index < -0.39 is 0 Å². The number of piperazine rings is 1. The fourth-order valence-electron chi connectivity index (χ4n) is 5.95. The number of imidazole rings is 1. The molecule has 2 aliphatic carbocycles. The van der Waals surface area contributed by atoms with Crippen LogP contribution >= 0.6 is 0 Å². The molecule has 0 bridgehead atoms. The smallest absolute Gasteiger partial charge is 0.291 e. The number of hydrogen-bond acceptors (Lipinski definition) is 6. The number of amides is 1. The average Bonchev–Trinajstić information content (AvgIpc) is 3.55. The lowest BCUT2D eigenvalue weighted by molar-refractivity contribution is 0.0988. The number of aromatic nitrogens is 3. The minimum absolute atomic E-state index is 0.125. The molecule has 8 heteroatoms. The Hall–Kier alpha value is -3.02. The second-order valence-corrected chi connectivity index (χ2v) is 10.7. The molecule has 35 heavy (non-hydrogen) atoms. The number of H-pyrrole nitrogens is 1. The Morgan fingerprint density at radius 3 is 2.60 bits per heavy atom. The maximum Gasteiger partial charge on any atom is 0.291 e. The molecule has 3 N–H and O–H groups in total. The number of nitrogens with zero attached hydrogens (tertiary/aromatic N) is 4.